The molecular weight excluding hydrogens is 259 g/mol. The number of nitrogens with one attached hydrogen (secondary N) is 1. The molecule has 0 radical (unpaired) electrons. The van der Waals surface area contributed by atoms with Gasteiger partial charge in [0, 0.05) is 19.0 Å². The maximum Gasteiger partial charge on any atom is 0.422 e. The lowest BCUT2D eigenvalue weighted by atomic mass is 10.3. The first-order valence-corrected chi connectivity index (χ1v) is 6.26. The average Bonchev–Trinajstić information content (AvgIpc) is 2.33. The Balaban J connectivity index is 2.79. The van der Waals surface area contributed by atoms with Crippen LogP contribution in [0.25, 0.3) is 0 Å². The van der Waals surface area contributed by atoms with E-state index < -0.39 is 12.8 Å². The maximum absolute atomic E-state index is 12.1. The first kappa shape index (κ1) is 15.5. The summed E-state index contributed by atoms with van der Waals surface area (Å²) in [6, 6.07) is 1.39. The molecule has 0 bridgehead atoms. The Morgan fingerprint density at radius 1 is 1.21 bits per heavy atom. The quantitative estimate of drug-likeness (QED) is 0.831. The summed E-state index contributed by atoms with van der Waals surface area (Å²) >= 11 is 0. The molecule has 0 saturated carbocycles. The molecule has 0 saturated heterocycles. The zero-order chi connectivity index (χ0) is 14.3. The van der Waals surface area contributed by atoms with E-state index in [1.807, 2.05) is 13.8 Å². The zero-order valence-corrected chi connectivity index (χ0v) is 11.0. The number of hydrogen-bond acceptors (Lipinski definition) is 4. The number of hydrogen-bond donors (Lipinski definition) is 1. The average molecular weight is 277 g/mol. The number of anilines is 1. The van der Waals surface area contributed by atoms with Crippen molar-refractivity contribution in [3.8, 4) is 5.88 Å². The predicted octanol–water partition coefficient (Wildman–Crippen LogP) is 3.19. The Labute approximate surface area is 110 Å². The van der Waals surface area contributed by atoms with E-state index in [4.69, 9.17) is 0 Å². The minimum atomic E-state index is -4.37. The molecule has 1 N–H and O–H groups in total. The van der Waals surface area contributed by atoms with Gasteiger partial charge in [-0.05, 0) is 12.8 Å². The van der Waals surface area contributed by atoms with Crippen LogP contribution in [0.3, 0.4) is 0 Å². The second-order valence-electron chi connectivity index (χ2n) is 4.09. The van der Waals surface area contributed by atoms with E-state index in [9.17, 15) is 13.2 Å². The molecule has 7 heteroatoms. The van der Waals surface area contributed by atoms with Gasteiger partial charge in [0.2, 0.25) is 5.88 Å². The molecule has 19 heavy (non-hydrogen) atoms. The van der Waals surface area contributed by atoms with Crippen LogP contribution >= 0.6 is 0 Å². The van der Waals surface area contributed by atoms with Crippen molar-refractivity contribution in [1.82, 2.24) is 9.97 Å². The Morgan fingerprint density at radius 3 is 2.53 bits per heavy atom. The first-order valence-electron chi connectivity index (χ1n) is 6.26. The zero-order valence-electron chi connectivity index (χ0n) is 11.0. The van der Waals surface area contributed by atoms with E-state index in [1.54, 1.807) is 0 Å². The minimum absolute atomic E-state index is 0.0469. The molecular formula is C12H18F3N3O. The molecule has 0 unspecified atom stereocenters. The summed E-state index contributed by atoms with van der Waals surface area (Å²) in [6.07, 6.45) is -2.06. The monoisotopic (exact) mass is 277 g/mol. The van der Waals surface area contributed by atoms with Crippen molar-refractivity contribution in [1.29, 1.82) is 0 Å². The van der Waals surface area contributed by atoms with Gasteiger partial charge in [-0.2, -0.15) is 18.2 Å². The molecule has 4 nitrogen and oxygen atoms in total. The lowest BCUT2D eigenvalue weighted by Gasteiger charge is -2.11. The fourth-order valence-corrected chi connectivity index (χ4v) is 1.38. The van der Waals surface area contributed by atoms with Gasteiger partial charge < -0.3 is 10.1 Å². The fourth-order valence-electron chi connectivity index (χ4n) is 1.38. The third-order valence-corrected chi connectivity index (χ3v) is 2.16. The third kappa shape index (κ3) is 6.26. The highest BCUT2D eigenvalue weighted by Crippen LogP contribution is 2.19. The van der Waals surface area contributed by atoms with Crippen molar-refractivity contribution in [2.24, 2.45) is 0 Å². The number of nitrogens with zero attached hydrogens (tertiary/aromatic N) is 2. The fraction of sp³-hybridized carbons (Fsp3) is 0.667. The third-order valence-electron chi connectivity index (χ3n) is 2.16. The molecule has 0 aliphatic carbocycles. The molecule has 0 spiro atoms. The molecule has 1 aromatic heterocycles. The maximum atomic E-state index is 12.1. The Kier molecular flexibility index (Phi) is 5.85. The highest BCUT2D eigenvalue weighted by molar-refractivity contribution is 5.38. The van der Waals surface area contributed by atoms with Crippen molar-refractivity contribution < 1.29 is 17.9 Å². The van der Waals surface area contributed by atoms with Crippen LogP contribution in [0.15, 0.2) is 6.07 Å². The van der Waals surface area contributed by atoms with Crippen molar-refractivity contribution in [2.45, 2.75) is 39.3 Å². The molecule has 0 atom stereocenters. The van der Waals surface area contributed by atoms with Crippen molar-refractivity contribution in [3.63, 3.8) is 0 Å². The topological polar surface area (TPSA) is 47.0 Å². The second-order valence-corrected chi connectivity index (χ2v) is 4.09. The van der Waals surface area contributed by atoms with Gasteiger partial charge in [-0.15, -0.1) is 0 Å². The predicted molar refractivity (Wildman–Crippen MR) is 66.4 cm³/mol. The highest BCUT2D eigenvalue weighted by Gasteiger charge is 2.28. The van der Waals surface area contributed by atoms with Crippen LogP contribution < -0.4 is 10.1 Å². The summed E-state index contributed by atoms with van der Waals surface area (Å²) in [4.78, 5) is 8.18. The van der Waals surface area contributed by atoms with Gasteiger partial charge in [0.25, 0.3) is 0 Å². The molecule has 0 aromatic carbocycles. The van der Waals surface area contributed by atoms with Crippen molar-refractivity contribution >= 4 is 5.82 Å². The highest BCUT2D eigenvalue weighted by atomic mass is 19.4. The Hall–Kier alpha value is -1.53. The number of aryl methyl sites for hydroxylation is 1. The van der Waals surface area contributed by atoms with Gasteiger partial charge in [-0.25, -0.2) is 4.98 Å². The molecule has 0 aliphatic rings. The van der Waals surface area contributed by atoms with Crippen molar-refractivity contribution in [3.05, 3.63) is 11.9 Å². The lowest BCUT2D eigenvalue weighted by molar-refractivity contribution is -0.154. The van der Waals surface area contributed by atoms with E-state index in [-0.39, 0.29) is 5.88 Å². The first-order chi connectivity index (χ1) is 8.94. The molecule has 1 aromatic rings. The van der Waals surface area contributed by atoms with E-state index >= 15 is 0 Å². The van der Waals surface area contributed by atoms with Gasteiger partial charge in [-0.3, -0.25) is 0 Å². The molecule has 0 aliphatic heterocycles. The van der Waals surface area contributed by atoms with Crippen LogP contribution in [-0.2, 0) is 6.42 Å². The molecule has 0 fully saturated rings. The van der Waals surface area contributed by atoms with E-state index in [1.165, 1.54) is 6.07 Å². The van der Waals surface area contributed by atoms with Crippen LogP contribution in [0.1, 0.15) is 32.5 Å². The smallest absolute Gasteiger partial charge is 0.422 e. The lowest BCUT2D eigenvalue weighted by Crippen LogP contribution is -2.20. The summed E-state index contributed by atoms with van der Waals surface area (Å²) < 4.78 is 41.0. The molecule has 108 valence electrons. The van der Waals surface area contributed by atoms with Gasteiger partial charge in [-0.1, -0.05) is 13.8 Å². The van der Waals surface area contributed by atoms with Crippen molar-refractivity contribution in [2.75, 3.05) is 18.5 Å². The number of rotatable bonds is 7. The van der Waals surface area contributed by atoms with Crippen LogP contribution in [0.2, 0.25) is 0 Å². The van der Waals surface area contributed by atoms with Crippen LogP contribution in [-0.4, -0.2) is 29.3 Å². The van der Waals surface area contributed by atoms with Crippen LogP contribution in [0.5, 0.6) is 5.88 Å². The van der Waals surface area contributed by atoms with Crippen LogP contribution in [0, 0.1) is 0 Å². The summed E-state index contributed by atoms with van der Waals surface area (Å²) in [7, 11) is 0. The Morgan fingerprint density at radius 2 is 1.95 bits per heavy atom. The number of halogens is 3. The van der Waals surface area contributed by atoms with Crippen LogP contribution in [0.4, 0.5) is 19.0 Å². The summed E-state index contributed by atoms with van der Waals surface area (Å²) in [5, 5.41) is 3.02. The van der Waals surface area contributed by atoms with Gasteiger partial charge in [0.05, 0.1) is 0 Å². The number of alkyl halides is 3. The largest absolute Gasteiger partial charge is 0.468 e. The molecule has 0 amide bonds. The number of ether oxygens (including phenoxy) is 1. The van der Waals surface area contributed by atoms with E-state index in [0.29, 0.717) is 24.6 Å². The SMILES string of the molecule is CCCNc1cc(OCC(F)(F)F)nc(CCC)n1. The summed E-state index contributed by atoms with van der Waals surface area (Å²) in [5.41, 5.74) is 0. The second kappa shape index (κ2) is 7.16. The van der Waals surface area contributed by atoms with Gasteiger partial charge in [0.1, 0.15) is 11.6 Å². The van der Waals surface area contributed by atoms with E-state index in [0.717, 1.165) is 12.8 Å². The standard InChI is InChI=1S/C12H18F3N3O/c1-3-5-9-17-10(16-6-4-2)7-11(18-9)19-8-12(13,14)15/h7H,3-6,8H2,1-2H3,(H,16,17,18). The number of aromatic nitrogens is 2. The van der Waals surface area contributed by atoms with Gasteiger partial charge in [0.15, 0.2) is 6.61 Å². The molecule has 1 heterocycles. The normalized spacial score (nSPS) is 11.4. The Bertz CT molecular complexity index is 396. The summed E-state index contributed by atoms with van der Waals surface area (Å²) in [6.45, 7) is 3.29. The summed E-state index contributed by atoms with van der Waals surface area (Å²) in [5.74, 6) is 0.938. The molecule has 1 rings (SSSR count). The minimum Gasteiger partial charge on any atom is -0.468 e. The van der Waals surface area contributed by atoms with E-state index in [2.05, 4.69) is 20.0 Å². The van der Waals surface area contributed by atoms with Gasteiger partial charge >= 0.3 is 6.18 Å².